The van der Waals surface area contributed by atoms with E-state index in [1.807, 2.05) is 6.92 Å². The van der Waals surface area contributed by atoms with Gasteiger partial charge in [-0.25, -0.2) is 13.2 Å². The van der Waals surface area contributed by atoms with Crippen LogP contribution in [0.5, 0.6) is 0 Å². The second-order valence-electron chi connectivity index (χ2n) is 7.13. The van der Waals surface area contributed by atoms with Crippen molar-refractivity contribution >= 4 is 68.1 Å². The first kappa shape index (κ1) is 25.8. The number of benzene rings is 3. The molecule has 0 fully saturated rings. The molecule has 3 rings (SSSR count). The number of rotatable bonds is 7. The third kappa shape index (κ3) is 5.64. The topological polar surface area (TPSA) is 92.8 Å². The van der Waals surface area contributed by atoms with Crippen LogP contribution < -0.4 is 9.62 Å². The van der Waals surface area contributed by atoms with Crippen molar-refractivity contribution in [2.45, 2.75) is 11.8 Å². The summed E-state index contributed by atoms with van der Waals surface area (Å²) < 4.78 is 32.5. The number of nitrogens with zero attached hydrogens (tertiary/aromatic N) is 1. The van der Waals surface area contributed by atoms with Crippen molar-refractivity contribution in [3.63, 3.8) is 0 Å². The highest BCUT2D eigenvalue weighted by molar-refractivity contribution is 7.92. The minimum Gasteiger partial charge on any atom is -0.465 e. The van der Waals surface area contributed by atoms with Crippen molar-refractivity contribution in [3.8, 4) is 0 Å². The minimum absolute atomic E-state index is 0.0212. The van der Waals surface area contributed by atoms with Gasteiger partial charge >= 0.3 is 5.97 Å². The number of nitrogens with one attached hydrogen (secondary N) is 1. The molecule has 11 heteroatoms. The summed E-state index contributed by atoms with van der Waals surface area (Å²) in [6.45, 7) is 1.20. The number of carbonyl (C=O) groups is 2. The number of halogens is 3. The molecule has 3 aromatic carbocycles. The maximum absolute atomic E-state index is 13.5. The number of hydrogen-bond acceptors (Lipinski definition) is 5. The second kappa shape index (κ2) is 10.7. The Kier molecular flexibility index (Phi) is 8.09. The first-order chi connectivity index (χ1) is 16.0. The summed E-state index contributed by atoms with van der Waals surface area (Å²) in [7, 11) is -2.99. The van der Waals surface area contributed by atoms with Crippen LogP contribution >= 0.6 is 34.8 Å². The molecule has 0 aliphatic carbocycles. The second-order valence-corrected chi connectivity index (χ2v) is 10.2. The average molecular weight is 542 g/mol. The van der Waals surface area contributed by atoms with E-state index in [0.29, 0.717) is 0 Å². The summed E-state index contributed by atoms with van der Waals surface area (Å²) in [5.74, 6) is -1.37. The van der Waals surface area contributed by atoms with Gasteiger partial charge in [0.2, 0.25) is 5.91 Å². The van der Waals surface area contributed by atoms with Crippen LogP contribution in [0.15, 0.2) is 65.6 Å². The summed E-state index contributed by atoms with van der Waals surface area (Å²) in [5.41, 5.74) is 1.17. The van der Waals surface area contributed by atoms with Crippen molar-refractivity contribution in [1.82, 2.24) is 0 Å². The molecule has 7 nitrogen and oxygen atoms in total. The van der Waals surface area contributed by atoms with E-state index in [1.165, 1.54) is 55.6 Å². The zero-order valence-corrected chi connectivity index (χ0v) is 21.1. The Labute approximate surface area is 212 Å². The van der Waals surface area contributed by atoms with E-state index in [9.17, 15) is 18.0 Å². The van der Waals surface area contributed by atoms with Gasteiger partial charge in [-0.1, -0.05) is 58.6 Å². The van der Waals surface area contributed by atoms with Gasteiger partial charge in [-0.3, -0.25) is 9.10 Å². The first-order valence-corrected chi connectivity index (χ1v) is 12.3. The number of carbonyl (C=O) groups excluding carboxylic acids is 2. The molecule has 0 saturated heterocycles. The largest absolute Gasteiger partial charge is 0.465 e. The Balaban J connectivity index is 1.98. The number of ether oxygens (including phenoxy) is 1. The maximum atomic E-state index is 13.5. The highest BCUT2D eigenvalue weighted by Crippen LogP contribution is 2.35. The van der Waals surface area contributed by atoms with Crippen LogP contribution in [0, 0.1) is 6.92 Å². The number of sulfonamides is 1. The fraction of sp³-hybridized carbons (Fsp3) is 0.130. The summed E-state index contributed by atoms with van der Waals surface area (Å²) >= 11 is 18.4. The summed E-state index contributed by atoms with van der Waals surface area (Å²) in [6.07, 6.45) is 0. The van der Waals surface area contributed by atoms with Gasteiger partial charge in [0.05, 0.1) is 38.3 Å². The molecule has 0 saturated carbocycles. The summed E-state index contributed by atoms with van der Waals surface area (Å²) in [5, 5.41) is 2.81. The van der Waals surface area contributed by atoms with E-state index >= 15 is 0 Å². The van der Waals surface area contributed by atoms with Gasteiger partial charge in [-0.05, 0) is 49.4 Å². The van der Waals surface area contributed by atoms with E-state index in [-0.39, 0.29) is 36.9 Å². The van der Waals surface area contributed by atoms with E-state index in [1.54, 1.807) is 12.1 Å². The quantitative estimate of drug-likeness (QED) is 0.395. The lowest BCUT2D eigenvalue weighted by Crippen LogP contribution is -2.38. The SMILES string of the molecule is COC(=O)c1cc(NC(=O)CN(c2cccc(Cl)c2Cl)S(=O)(=O)c2ccc(C)cc2)ccc1Cl. The predicted molar refractivity (Wildman–Crippen MR) is 134 cm³/mol. The zero-order valence-electron chi connectivity index (χ0n) is 18.0. The molecule has 0 unspecified atom stereocenters. The molecule has 3 aromatic rings. The van der Waals surface area contributed by atoms with E-state index in [2.05, 4.69) is 10.1 Å². The van der Waals surface area contributed by atoms with Crippen LogP contribution in [0.2, 0.25) is 15.1 Å². The summed E-state index contributed by atoms with van der Waals surface area (Å²) in [4.78, 5) is 24.8. The smallest absolute Gasteiger partial charge is 0.339 e. The van der Waals surface area contributed by atoms with Gasteiger partial charge in [-0.2, -0.15) is 0 Å². The number of hydrogen-bond donors (Lipinski definition) is 1. The number of methoxy groups -OCH3 is 1. The molecular formula is C23H19Cl3N2O5S. The van der Waals surface area contributed by atoms with E-state index in [4.69, 9.17) is 34.8 Å². The monoisotopic (exact) mass is 540 g/mol. The van der Waals surface area contributed by atoms with Crippen LogP contribution in [0.3, 0.4) is 0 Å². The Bertz CT molecular complexity index is 1350. The zero-order chi connectivity index (χ0) is 25.0. The molecule has 0 bridgehead atoms. The Morgan fingerprint density at radius 2 is 1.65 bits per heavy atom. The first-order valence-electron chi connectivity index (χ1n) is 9.75. The number of aryl methyl sites for hydroxylation is 1. The lowest BCUT2D eigenvalue weighted by Gasteiger charge is -2.25. The van der Waals surface area contributed by atoms with Crippen molar-refractivity contribution in [3.05, 3.63) is 86.9 Å². The third-order valence-corrected chi connectivity index (χ3v) is 7.66. The van der Waals surface area contributed by atoms with E-state index in [0.717, 1.165) is 9.87 Å². The molecule has 1 amide bonds. The third-order valence-electron chi connectivity index (χ3n) is 4.75. The molecular weight excluding hydrogens is 523 g/mol. The predicted octanol–water partition coefficient (Wildman–Crippen LogP) is 5.58. The molecule has 0 radical (unpaired) electrons. The number of esters is 1. The highest BCUT2D eigenvalue weighted by atomic mass is 35.5. The molecule has 0 aromatic heterocycles. The Hall–Kier alpha value is -2.78. The Morgan fingerprint density at radius 3 is 2.29 bits per heavy atom. The molecule has 0 aliphatic rings. The van der Waals surface area contributed by atoms with Crippen molar-refractivity contribution in [1.29, 1.82) is 0 Å². The average Bonchev–Trinajstić information content (AvgIpc) is 2.80. The van der Waals surface area contributed by atoms with Gasteiger partial charge in [-0.15, -0.1) is 0 Å². The van der Waals surface area contributed by atoms with Gasteiger partial charge in [0.25, 0.3) is 10.0 Å². The maximum Gasteiger partial charge on any atom is 0.339 e. The van der Waals surface area contributed by atoms with Crippen LogP contribution in [0.4, 0.5) is 11.4 Å². The molecule has 178 valence electrons. The molecule has 34 heavy (non-hydrogen) atoms. The normalized spacial score (nSPS) is 11.1. The fourth-order valence-electron chi connectivity index (χ4n) is 3.02. The van der Waals surface area contributed by atoms with Crippen molar-refractivity contribution in [2.75, 3.05) is 23.3 Å². The van der Waals surface area contributed by atoms with Gasteiger partial charge in [0, 0.05) is 5.69 Å². The molecule has 0 atom stereocenters. The fourth-order valence-corrected chi connectivity index (χ4v) is 5.10. The molecule has 0 heterocycles. The lowest BCUT2D eigenvalue weighted by molar-refractivity contribution is -0.114. The molecule has 0 aliphatic heterocycles. The summed E-state index contributed by atoms with van der Waals surface area (Å²) in [6, 6.07) is 14.9. The van der Waals surface area contributed by atoms with Crippen LogP contribution in [0.25, 0.3) is 0 Å². The van der Waals surface area contributed by atoms with Crippen LogP contribution in [-0.4, -0.2) is 33.9 Å². The van der Waals surface area contributed by atoms with Crippen molar-refractivity contribution < 1.29 is 22.7 Å². The highest BCUT2D eigenvalue weighted by Gasteiger charge is 2.29. The standard InChI is InChI=1S/C23H19Cl3N2O5S/c1-14-6-9-16(10-7-14)34(31,32)28(20-5-3-4-19(25)22(20)26)13-21(29)27-15-8-11-18(24)17(12-15)23(30)33-2/h3-12H,13H2,1-2H3,(H,27,29). The molecule has 0 spiro atoms. The van der Waals surface area contributed by atoms with Crippen LogP contribution in [-0.2, 0) is 19.6 Å². The number of amides is 1. The lowest BCUT2D eigenvalue weighted by atomic mass is 10.2. The Morgan fingerprint density at radius 1 is 0.971 bits per heavy atom. The minimum atomic E-state index is -4.20. The molecule has 1 N–H and O–H groups in total. The van der Waals surface area contributed by atoms with Crippen LogP contribution in [0.1, 0.15) is 15.9 Å². The van der Waals surface area contributed by atoms with E-state index < -0.39 is 28.4 Å². The van der Waals surface area contributed by atoms with Gasteiger partial charge < -0.3 is 10.1 Å². The van der Waals surface area contributed by atoms with Gasteiger partial charge in [0.15, 0.2) is 0 Å². The van der Waals surface area contributed by atoms with Gasteiger partial charge in [0.1, 0.15) is 6.54 Å². The van der Waals surface area contributed by atoms with Crippen molar-refractivity contribution in [2.24, 2.45) is 0 Å². The number of anilines is 2.